The molecule has 0 heterocycles. The van der Waals surface area contributed by atoms with Gasteiger partial charge in [0.05, 0.1) is 11.6 Å². The fraction of sp³-hybridized carbons (Fsp3) is 0.133. The largest absolute Gasteiger partial charge is 0.309 e. The van der Waals surface area contributed by atoms with Crippen LogP contribution in [0, 0.1) is 17.1 Å². The molecule has 0 fully saturated rings. The Labute approximate surface area is 120 Å². The number of benzene rings is 2. The summed E-state index contributed by atoms with van der Waals surface area (Å²) in [7, 11) is 0. The number of hydrogen-bond donors (Lipinski definition) is 1. The molecule has 2 nitrogen and oxygen atoms in total. The third-order valence-electron chi connectivity index (χ3n) is 2.78. The van der Waals surface area contributed by atoms with Gasteiger partial charge in [0.2, 0.25) is 0 Å². The first-order valence-corrected chi connectivity index (χ1v) is 6.62. The highest BCUT2D eigenvalue weighted by atomic mass is 79.9. The summed E-state index contributed by atoms with van der Waals surface area (Å²) in [5, 5.41) is 12.2. The van der Waals surface area contributed by atoms with Crippen molar-refractivity contribution in [1.29, 1.82) is 5.26 Å². The van der Waals surface area contributed by atoms with E-state index in [-0.39, 0.29) is 5.82 Å². The number of nitriles is 1. The Kier molecular flexibility index (Phi) is 4.67. The van der Waals surface area contributed by atoms with Gasteiger partial charge >= 0.3 is 0 Å². The van der Waals surface area contributed by atoms with Gasteiger partial charge in [-0.1, -0.05) is 34.1 Å². The lowest BCUT2D eigenvalue weighted by molar-refractivity contribution is 0.619. The van der Waals surface area contributed by atoms with E-state index < -0.39 is 0 Å². The van der Waals surface area contributed by atoms with Crippen LogP contribution in [0.25, 0.3) is 0 Å². The summed E-state index contributed by atoms with van der Waals surface area (Å²) in [6.45, 7) is 1.12. The fourth-order valence-corrected chi connectivity index (χ4v) is 2.22. The summed E-state index contributed by atoms with van der Waals surface area (Å²) in [6.07, 6.45) is 0. The lowest BCUT2D eigenvalue weighted by Crippen LogP contribution is -2.14. The summed E-state index contributed by atoms with van der Waals surface area (Å²) in [4.78, 5) is 0. The molecule has 0 radical (unpaired) electrons. The minimum atomic E-state index is -0.323. The second-order valence-electron chi connectivity index (χ2n) is 4.11. The van der Waals surface area contributed by atoms with Crippen molar-refractivity contribution in [3.8, 4) is 6.07 Å². The van der Waals surface area contributed by atoms with Crippen molar-refractivity contribution in [3.63, 3.8) is 0 Å². The normalized spacial score (nSPS) is 10.2. The molecular formula is C15H12BrFN2. The van der Waals surface area contributed by atoms with Crippen molar-refractivity contribution >= 4 is 15.9 Å². The molecule has 2 aromatic rings. The molecule has 0 bridgehead atoms. The molecule has 2 rings (SSSR count). The molecule has 0 aliphatic rings. The van der Waals surface area contributed by atoms with E-state index in [1.54, 1.807) is 0 Å². The zero-order chi connectivity index (χ0) is 13.7. The predicted molar refractivity (Wildman–Crippen MR) is 75.8 cm³/mol. The number of rotatable bonds is 4. The van der Waals surface area contributed by atoms with Crippen molar-refractivity contribution < 1.29 is 4.39 Å². The topological polar surface area (TPSA) is 35.8 Å². The molecular weight excluding hydrogens is 307 g/mol. The van der Waals surface area contributed by atoms with Gasteiger partial charge in [0.15, 0.2) is 0 Å². The molecule has 1 N–H and O–H groups in total. The first-order valence-electron chi connectivity index (χ1n) is 5.83. The first kappa shape index (κ1) is 13.7. The van der Waals surface area contributed by atoms with Crippen molar-refractivity contribution in [2.24, 2.45) is 0 Å². The molecule has 0 saturated carbocycles. The summed E-state index contributed by atoms with van der Waals surface area (Å²) in [5.74, 6) is -0.323. The monoisotopic (exact) mass is 318 g/mol. The Morgan fingerprint density at radius 1 is 1.11 bits per heavy atom. The van der Waals surface area contributed by atoms with Crippen LogP contribution in [0.15, 0.2) is 46.9 Å². The molecule has 0 aromatic heterocycles. The third kappa shape index (κ3) is 3.63. The van der Waals surface area contributed by atoms with E-state index in [1.807, 2.05) is 24.3 Å². The van der Waals surface area contributed by atoms with Crippen molar-refractivity contribution in [3.05, 3.63) is 69.4 Å². The summed E-state index contributed by atoms with van der Waals surface area (Å²) < 4.78 is 14.2. The Morgan fingerprint density at radius 2 is 1.84 bits per heavy atom. The smallest absolute Gasteiger partial charge is 0.123 e. The van der Waals surface area contributed by atoms with Crippen LogP contribution in [-0.4, -0.2) is 0 Å². The van der Waals surface area contributed by atoms with E-state index in [1.165, 1.54) is 18.2 Å². The average molecular weight is 319 g/mol. The van der Waals surface area contributed by atoms with Crippen LogP contribution in [0.1, 0.15) is 16.7 Å². The third-order valence-corrected chi connectivity index (χ3v) is 3.55. The van der Waals surface area contributed by atoms with E-state index in [9.17, 15) is 4.39 Å². The maximum atomic E-state index is 13.2. The Balaban J connectivity index is 2.02. The van der Waals surface area contributed by atoms with Gasteiger partial charge in [-0.3, -0.25) is 0 Å². The highest BCUT2D eigenvalue weighted by Gasteiger charge is 2.04. The van der Waals surface area contributed by atoms with Gasteiger partial charge in [0.1, 0.15) is 5.82 Å². The molecule has 0 unspecified atom stereocenters. The van der Waals surface area contributed by atoms with Crippen molar-refractivity contribution in [2.45, 2.75) is 13.1 Å². The molecule has 0 aliphatic carbocycles. The second-order valence-corrected chi connectivity index (χ2v) is 4.96. The van der Waals surface area contributed by atoms with Gasteiger partial charge in [-0.2, -0.15) is 5.26 Å². The van der Waals surface area contributed by atoms with Gasteiger partial charge in [-0.15, -0.1) is 0 Å². The Morgan fingerprint density at radius 3 is 2.58 bits per heavy atom. The van der Waals surface area contributed by atoms with Crippen LogP contribution in [-0.2, 0) is 13.1 Å². The van der Waals surface area contributed by atoms with Gasteiger partial charge in [-0.25, -0.2) is 4.39 Å². The van der Waals surface area contributed by atoms with Crippen LogP contribution in [0.3, 0.4) is 0 Å². The van der Waals surface area contributed by atoms with Crippen LogP contribution in [0.2, 0.25) is 0 Å². The van der Waals surface area contributed by atoms with Crippen LogP contribution in [0.4, 0.5) is 4.39 Å². The standard InChI is InChI=1S/C15H12BrFN2/c16-15-4-2-1-3-12(15)9-19-10-13-7-14(17)6-5-11(13)8-18/h1-7,19H,9-10H2. The second kappa shape index (κ2) is 6.46. The highest BCUT2D eigenvalue weighted by Crippen LogP contribution is 2.16. The average Bonchev–Trinajstić information content (AvgIpc) is 2.41. The van der Waals surface area contributed by atoms with Gasteiger partial charge in [0, 0.05) is 17.6 Å². The minimum absolute atomic E-state index is 0.323. The lowest BCUT2D eigenvalue weighted by Gasteiger charge is -2.08. The first-order chi connectivity index (χ1) is 9.20. The fourth-order valence-electron chi connectivity index (χ4n) is 1.79. The highest BCUT2D eigenvalue weighted by molar-refractivity contribution is 9.10. The Hall–Kier alpha value is -1.70. The van der Waals surface area contributed by atoms with E-state index in [2.05, 4.69) is 27.3 Å². The molecule has 0 atom stereocenters. The maximum absolute atomic E-state index is 13.2. The number of nitrogens with zero attached hydrogens (tertiary/aromatic N) is 1. The molecule has 0 amide bonds. The molecule has 2 aromatic carbocycles. The van der Waals surface area contributed by atoms with Crippen molar-refractivity contribution in [2.75, 3.05) is 0 Å². The van der Waals surface area contributed by atoms with Crippen LogP contribution >= 0.6 is 15.9 Å². The zero-order valence-electron chi connectivity index (χ0n) is 10.2. The molecule has 0 spiro atoms. The molecule has 96 valence electrons. The quantitative estimate of drug-likeness (QED) is 0.932. The number of hydrogen-bond acceptors (Lipinski definition) is 2. The summed E-state index contributed by atoms with van der Waals surface area (Å²) in [6, 6.07) is 14.2. The van der Waals surface area contributed by atoms with Gasteiger partial charge < -0.3 is 5.32 Å². The van der Waals surface area contributed by atoms with E-state index in [4.69, 9.17) is 5.26 Å². The number of nitrogens with one attached hydrogen (secondary N) is 1. The van der Waals surface area contributed by atoms with Crippen molar-refractivity contribution in [1.82, 2.24) is 5.32 Å². The van der Waals surface area contributed by atoms with E-state index in [0.29, 0.717) is 24.2 Å². The minimum Gasteiger partial charge on any atom is -0.309 e. The van der Waals surface area contributed by atoms with Gasteiger partial charge in [0.25, 0.3) is 0 Å². The Bertz CT molecular complexity index is 620. The van der Waals surface area contributed by atoms with E-state index >= 15 is 0 Å². The summed E-state index contributed by atoms with van der Waals surface area (Å²) in [5.41, 5.74) is 2.30. The lowest BCUT2D eigenvalue weighted by atomic mass is 10.1. The predicted octanol–water partition coefficient (Wildman–Crippen LogP) is 3.75. The van der Waals surface area contributed by atoms with Gasteiger partial charge in [-0.05, 0) is 35.4 Å². The SMILES string of the molecule is N#Cc1ccc(F)cc1CNCc1ccccc1Br. The maximum Gasteiger partial charge on any atom is 0.123 e. The number of halogens is 2. The van der Waals surface area contributed by atoms with Crippen LogP contribution < -0.4 is 5.32 Å². The molecule has 0 saturated heterocycles. The van der Waals surface area contributed by atoms with Crippen LogP contribution in [0.5, 0.6) is 0 Å². The molecule has 19 heavy (non-hydrogen) atoms. The molecule has 4 heteroatoms. The zero-order valence-corrected chi connectivity index (χ0v) is 11.7. The van der Waals surface area contributed by atoms with E-state index in [0.717, 1.165) is 10.0 Å². The summed E-state index contributed by atoms with van der Waals surface area (Å²) >= 11 is 3.47. The molecule has 0 aliphatic heterocycles.